The van der Waals surface area contributed by atoms with Gasteiger partial charge >= 0.3 is 0 Å². The molecule has 1 aliphatic rings. The van der Waals surface area contributed by atoms with Crippen LogP contribution in [0.3, 0.4) is 0 Å². The van der Waals surface area contributed by atoms with Crippen LogP contribution >= 0.6 is 0 Å². The van der Waals surface area contributed by atoms with E-state index in [0.29, 0.717) is 17.9 Å². The summed E-state index contributed by atoms with van der Waals surface area (Å²) in [6.07, 6.45) is 4.76. The summed E-state index contributed by atoms with van der Waals surface area (Å²) in [4.78, 5) is 14.6. The lowest BCUT2D eigenvalue weighted by Crippen LogP contribution is -2.50. The predicted octanol–water partition coefficient (Wildman–Crippen LogP) is 2.27. The highest BCUT2D eigenvalue weighted by atomic mass is 16.2. The zero-order chi connectivity index (χ0) is 12.8. The van der Waals surface area contributed by atoms with E-state index in [2.05, 4.69) is 24.1 Å². The third kappa shape index (κ3) is 3.70. The first-order valence-electron chi connectivity index (χ1n) is 7.06. The molecule has 1 amide bonds. The second kappa shape index (κ2) is 7.00. The van der Waals surface area contributed by atoms with Crippen molar-refractivity contribution in [3.8, 4) is 0 Å². The lowest BCUT2D eigenvalue weighted by Gasteiger charge is -2.41. The van der Waals surface area contributed by atoms with Gasteiger partial charge in [-0.2, -0.15) is 0 Å². The molecule has 0 aromatic carbocycles. The molecule has 1 N–H and O–H groups in total. The van der Waals surface area contributed by atoms with Crippen LogP contribution in [0.5, 0.6) is 0 Å². The maximum absolute atomic E-state index is 12.4. The van der Waals surface area contributed by atoms with Crippen molar-refractivity contribution in [3.63, 3.8) is 0 Å². The van der Waals surface area contributed by atoms with Crippen LogP contribution in [0.15, 0.2) is 0 Å². The Kier molecular flexibility index (Phi) is 5.96. The molecule has 0 bridgehead atoms. The van der Waals surface area contributed by atoms with Gasteiger partial charge in [-0.25, -0.2) is 0 Å². The van der Waals surface area contributed by atoms with Gasteiger partial charge in [-0.1, -0.05) is 27.2 Å². The number of hydrogen-bond acceptors (Lipinski definition) is 2. The first kappa shape index (κ1) is 14.5. The summed E-state index contributed by atoms with van der Waals surface area (Å²) in [5, 5.41) is 3.10. The Labute approximate surface area is 106 Å². The van der Waals surface area contributed by atoms with Crippen LogP contribution in [0, 0.1) is 11.8 Å². The Morgan fingerprint density at radius 2 is 2.24 bits per heavy atom. The summed E-state index contributed by atoms with van der Waals surface area (Å²) in [6, 6.07) is 0.473. The Hall–Kier alpha value is -0.570. The van der Waals surface area contributed by atoms with Crippen molar-refractivity contribution in [2.75, 3.05) is 20.1 Å². The maximum Gasteiger partial charge on any atom is 0.226 e. The molecule has 1 rings (SSSR count). The molecular weight excluding hydrogens is 212 g/mol. The highest BCUT2D eigenvalue weighted by Crippen LogP contribution is 2.27. The fraction of sp³-hybridized carbons (Fsp3) is 0.929. The van der Waals surface area contributed by atoms with Gasteiger partial charge in [-0.15, -0.1) is 0 Å². The number of rotatable bonds is 5. The molecule has 0 aromatic rings. The Balaban J connectivity index is 2.67. The lowest BCUT2D eigenvalue weighted by atomic mass is 9.87. The molecule has 0 saturated carbocycles. The quantitative estimate of drug-likeness (QED) is 0.799. The van der Waals surface area contributed by atoms with Gasteiger partial charge in [0.1, 0.15) is 0 Å². The SMILES string of the molecule is CCCC1C(C)CCCN1C(=O)C(C)CNC. The third-order valence-corrected chi connectivity index (χ3v) is 3.92. The highest BCUT2D eigenvalue weighted by Gasteiger charge is 2.32. The van der Waals surface area contributed by atoms with Crippen LogP contribution in [-0.4, -0.2) is 37.0 Å². The molecule has 0 radical (unpaired) electrons. The Morgan fingerprint density at radius 1 is 1.53 bits per heavy atom. The van der Waals surface area contributed by atoms with E-state index in [9.17, 15) is 4.79 Å². The third-order valence-electron chi connectivity index (χ3n) is 3.92. The fourth-order valence-corrected chi connectivity index (χ4v) is 2.94. The summed E-state index contributed by atoms with van der Waals surface area (Å²) in [5.74, 6) is 1.10. The fourth-order valence-electron chi connectivity index (χ4n) is 2.94. The molecule has 1 heterocycles. The van der Waals surface area contributed by atoms with E-state index in [1.54, 1.807) is 0 Å². The van der Waals surface area contributed by atoms with Crippen LogP contribution in [-0.2, 0) is 4.79 Å². The monoisotopic (exact) mass is 240 g/mol. The van der Waals surface area contributed by atoms with Gasteiger partial charge in [-0.05, 0) is 32.2 Å². The van der Waals surface area contributed by atoms with Crippen molar-refractivity contribution < 1.29 is 4.79 Å². The van der Waals surface area contributed by atoms with Crippen molar-refractivity contribution in [1.29, 1.82) is 0 Å². The Morgan fingerprint density at radius 3 is 2.82 bits per heavy atom. The molecule has 1 fully saturated rings. The van der Waals surface area contributed by atoms with E-state index >= 15 is 0 Å². The van der Waals surface area contributed by atoms with Gasteiger partial charge < -0.3 is 10.2 Å². The first-order chi connectivity index (χ1) is 8.11. The van der Waals surface area contributed by atoms with E-state index < -0.39 is 0 Å². The molecule has 1 aliphatic heterocycles. The first-order valence-corrected chi connectivity index (χ1v) is 7.06. The van der Waals surface area contributed by atoms with Crippen LogP contribution in [0.2, 0.25) is 0 Å². The molecule has 3 nitrogen and oxygen atoms in total. The van der Waals surface area contributed by atoms with Crippen molar-refractivity contribution in [2.45, 2.75) is 52.5 Å². The number of nitrogens with one attached hydrogen (secondary N) is 1. The van der Waals surface area contributed by atoms with Crippen LogP contribution in [0.4, 0.5) is 0 Å². The molecule has 100 valence electrons. The minimum Gasteiger partial charge on any atom is -0.339 e. The normalized spacial score (nSPS) is 26.9. The Bertz CT molecular complexity index is 242. The maximum atomic E-state index is 12.4. The van der Waals surface area contributed by atoms with Gasteiger partial charge in [0.05, 0.1) is 0 Å². The van der Waals surface area contributed by atoms with Crippen molar-refractivity contribution in [3.05, 3.63) is 0 Å². The van der Waals surface area contributed by atoms with Gasteiger partial charge in [0.25, 0.3) is 0 Å². The number of carbonyl (C=O) groups excluding carboxylic acids is 1. The average molecular weight is 240 g/mol. The van der Waals surface area contributed by atoms with E-state index in [-0.39, 0.29) is 5.92 Å². The molecule has 17 heavy (non-hydrogen) atoms. The lowest BCUT2D eigenvalue weighted by molar-refractivity contribution is -0.140. The number of hydrogen-bond donors (Lipinski definition) is 1. The molecule has 3 heteroatoms. The standard InChI is InChI=1S/C14H28N2O/c1-5-7-13-11(2)8-6-9-16(13)14(17)12(3)10-15-4/h11-13,15H,5-10H2,1-4H3. The number of likely N-dealkylation sites (tertiary alicyclic amines) is 1. The molecule has 0 spiro atoms. The average Bonchev–Trinajstić information content (AvgIpc) is 2.31. The summed E-state index contributed by atoms with van der Waals surface area (Å²) in [6.45, 7) is 8.27. The summed E-state index contributed by atoms with van der Waals surface area (Å²) in [7, 11) is 1.91. The van der Waals surface area contributed by atoms with Crippen LogP contribution in [0.25, 0.3) is 0 Å². The van der Waals surface area contributed by atoms with E-state index in [1.165, 1.54) is 19.3 Å². The molecule has 0 aliphatic carbocycles. The molecule has 0 aromatic heterocycles. The van der Waals surface area contributed by atoms with E-state index in [0.717, 1.165) is 19.5 Å². The van der Waals surface area contributed by atoms with Gasteiger partial charge in [0.15, 0.2) is 0 Å². The largest absolute Gasteiger partial charge is 0.339 e. The zero-order valence-electron chi connectivity index (χ0n) is 11.8. The minimum absolute atomic E-state index is 0.102. The van der Waals surface area contributed by atoms with Crippen molar-refractivity contribution in [2.24, 2.45) is 11.8 Å². The van der Waals surface area contributed by atoms with E-state index in [1.807, 2.05) is 14.0 Å². The van der Waals surface area contributed by atoms with Gasteiger partial charge in [0.2, 0.25) is 5.91 Å². The second-order valence-electron chi connectivity index (χ2n) is 5.47. The smallest absolute Gasteiger partial charge is 0.226 e. The molecule has 1 saturated heterocycles. The number of carbonyl (C=O) groups is 1. The van der Waals surface area contributed by atoms with Crippen molar-refractivity contribution >= 4 is 5.91 Å². The molecule has 3 unspecified atom stereocenters. The number of amides is 1. The second-order valence-corrected chi connectivity index (χ2v) is 5.47. The summed E-state index contributed by atoms with van der Waals surface area (Å²) < 4.78 is 0. The summed E-state index contributed by atoms with van der Waals surface area (Å²) in [5.41, 5.74) is 0. The number of nitrogens with zero attached hydrogens (tertiary/aromatic N) is 1. The van der Waals surface area contributed by atoms with E-state index in [4.69, 9.17) is 0 Å². The predicted molar refractivity (Wildman–Crippen MR) is 71.9 cm³/mol. The summed E-state index contributed by atoms with van der Waals surface area (Å²) >= 11 is 0. The van der Waals surface area contributed by atoms with Crippen LogP contribution < -0.4 is 5.32 Å². The van der Waals surface area contributed by atoms with Crippen LogP contribution in [0.1, 0.15) is 46.5 Å². The minimum atomic E-state index is 0.102. The highest BCUT2D eigenvalue weighted by molar-refractivity contribution is 5.79. The topological polar surface area (TPSA) is 32.3 Å². The van der Waals surface area contributed by atoms with Gasteiger partial charge in [0, 0.05) is 25.0 Å². The van der Waals surface area contributed by atoms with Crippen molar-refractivity contribution in [1.82, 2.24) is 10.2 Å². The van der Waals surface area contributed by atoms with Gasteiger partial charge in [-0.3, -0.25) is 4.79 Å². The zero-order valence-corrected chi connectivity index (χ0v) is 11.8. The number of piperidine rings is 1. The molecular formula is C14H28N2O. The molecule has 3 atom stereocenters.